The Balaban J connectivity index is 2.15. The second-order valence-corrected chi connectivity index (χ2v) is 4.51. The summed E-state index contributed by atoms with van der Waals surface area (Å²) >= 11 is 0. The summed E-state index contributed by atoms with van der Waals surface area (Å²) in [5.41, 5.74) is 4.40. The lowest BCUT2D eigenvalue weighted by Crippen LogP contribution is -2.06. The number of nitrogens with zero attached hydrogens (tertiary/aromatic N) is 3. The number of nitrogens with one attached hydrogen (secondary N) is 2. The average molecular weight is 233 g/mol. The molecule has 2 aromatic rings. The van der Waals surface area contributed by atoms with Crippen LogP contribution in [0.1, 0.15) is 37.0 Å². The van der Waals surface area contributed by atoms with E-state index in [-0.39, 0.29) is 0 Å². The molecule has 0 radical (unpaired) electrons. The Bertz CT molecular complexity index is 481. The zero-order valence-electron chi connectivity index (χ0n) is 10.8. The minimum atomic E-state index is 0.386. The maximum atomic E-state index is 4.54. The third kappa shape index (κ3) is 2.33. The van der Waals surface area contributed by atoms with Crippen LogP contribution in [0.5, 0.6) is 0 Å². The van der Waals surface area contributed by atoms with Gasteiger partial charge in [0.25, 0.3) is 0 Å². The van der Waals surface area contributed by atoms with E-state index >= 15 is 0 Å². The summed E-state index contributed by atoms with van der Waals surface area (Å²) in [7, 11) is 0. The van der Waals surface area contributed by atoms with Crippen LogP contribution in [0.15, 0.2) is 12.5 Å². The predicted octanol–water partition coefficient (Wildman–Crippen LogP) is 2.42. The molecule has 2 N–H and O–H groups in total. The summed E-state index contributed by atoms with van der Waals surface area (Å²) in [4.78, 5) is 7.07. The van der Waals surface area contributed by atoms with Gasteiger partial charge in [0.2, 0.25) is 0 Å². The van der Waals surface area contributed by atoms with Crippen molar-refractivity contribution in [3.8, 4) is 0 Å². The van der Waals surface area contributed by atoms with Crippen molar-refractivity contribution < 1.29 is 0 Å². The molecular weight excluding hydrogens is 214 g/mol. The number of aromatic amines is 1. The van der Waals surface area contributed by atoms with Crippen molar-refractivity contribution in [2.24, 2.45) is 0 Å². The van der Waals surface area contributed by atoms with Gasteiger partial charge >= 0.3 is 0 Å². The van der Waals surface area contributed by atoms with Crippen LogP contribution in [0.25, 0.3) is 0 Å². The van der Waals surface area contributed by atoms with Gasteiger partial charge in [-0.2, -0.15) is 5.10 Å². The highest BCUT2D eigenvalue weighted by Gasteiger charge is 2.12. The zero-order valence-corrected chi connectivity index (χ0v) is 10.8. The van der Waals surface area contributed by atoms with Crippen molar-refractivity contribution in [2.75, 3.05) is 5.32 Å². The molecule has 2 rings (SSSR count). The highest BCUT2D eigenvalue weighted by atomic mass is 15.3. The highest BCUT2D eigenvalue weighted by molar-refractivity contribution is 5.52. The normalized spacial score (nSPS) is 11.1. The molecule has 0 saturated heterocycles. The summed E-state index contributed by atoms with van der Waals surface area (Å²) in [6.45, 7) is 9.14. The van der Waals surface area contributed by atoms with Gasteiger partial charge in [0.15, 0.2) is 0 Å². The monoisotopic (exact) mass is 233 g/mol. The maximum absolute atomic E-state index is 4.54. The summed E-state index contributed by atoms with van der Waals surface area (Å²) in [6.07, 6.45) is 3.51. The van der Waals surface area contributed by atoms with E-state index in [1.54, 1.807) is 6.33 Å². The number of rotatable bonds is 4. The van der Waals surface area contributed by atoms with Crippen LogP contribution in [-0.2, 0) is 6.54 Å². The van der Waals surface area contributed by atoms with Gasteiger partial charge in [0.05, 0.1) is 35.6 Å². The Morgan fingerprint density at radius 2 is 2.18 bits per heavy atom. The first kappa shape index (κ1) is 11.7. The number of hydrogen-bond donors (Lipinski definition) is 2. The van der Waals surface area contributed by atoms with Gasteiger partial charge in [-0.15, -0.1) is 0 Å². The minimum absolute atomic E-state index is 0.386. The molecule has 5 heteroatoms. The summed E-state index contributed by atoms with van der Waals surface area (Å²) in [6, 6.07) is 0.386. The van der Waals surface area contributed by atoms with E-state index in [0.717, 1.165) is 23.6 Å². The SMILES string of the molecule is Cc1nn(C(C)C)c(C)c1NCc1cnc[nH]1. The van der Waals surface area contributed by atoms with Crippen molar-refractivity contribution in [3.63, 3.8) is 0 Å². The highest BCUT2D eigenvalue weighted by Crippen LogP contribution is 2.22. The van der Waals surface area contributed by atoms with E-state index in [1.807, 2.05) is 17.8 Å². The van der Waals surface area contributed by atoms with Gasteiger partial charge < -0.3 is 10.3 Å². The molecule has 0 fully saturated rings. The number of aromatic nitrogens is 4. The molecule has 2 aromatic heterocycles. The topological polar surface area (TPSA) is 58.5 Å². The average Bonchev–Trinajstić information content (AvgIpc) is 2.86. The van der Waals surface area contributed by atoms with Crippen molar-refractivity contribution in [1.29, 1.82) is 0 Å². The first-order valence-electron chi connectivity index (χ1n) is 5.86. The lowest BCUT2D eigenvalue weighted by Gasteiger charge is -2.09. The molecule has 5 nitrogen and oxygen atoms in total. The van der Waals surface area contributed by atoms with Gasteiger partial charge in [-0.25, -0.2) is 4.98 Å². The van der Waals surface area contributed by atoms with E-state index in [1.165, 1.54) is 5.69 Å². The quantitative estimate of drug-likeness (QED) is 0.852. The largest absolute Gasteiger partial charge is 0.376 e. The molecule has 92 valence electrons. The van der Waals surface area contributed by atoms with Crippen molar-refractivity contribution in [3.05, 3.63) is 29.6 Å². The van der Waals surface area contributed by atoms with Crippen molar-refractivity contribution in [2.45, 2.75) is 40.3 Å². The zero-order chi connectivity index (χ0) is 12.4. The Kier molecular flexibility index (Phi) is 3.17. The van der Waals surface area contributed by atoms with Crippen LogP contribution in [0.3, 0.4) is 0 Å². The predicted molar refractivity (Wildman–Crippen MR) is 68.0 cm³/mol. The Morgan fingerprint density at radius 1 is 1.41 bits per heavy atom. The molecule has 0 aliphatic carbocycles. The minimum Gasteiger partial charge on any atom is -0.376 e. The number of anilines is 1. The summed E-state index contributed by atoms with van der Waals surface area (Å²) in [5, 5.41) is 7.94. The van der Waals surface area contributed by atoms with E-state index in [2.05, 4.69) is 41.2 Å². The van der Waals surface area contributed by atoms with Gasteiger partial charge in [0, 0.05) is 12.2 Å². The molecular formula is C12H19N5. The van der Waals surface area contributed by atoms with Crippen LogP contribution in [-0.4, -0.2) is 19.7 Å². The molecule has 0 aliphatic rings. The molecule has 0 amide bonds. The number of hydrogen-bond acceptors (Lipinski definition) is 3. The molecule has 0 aliphatic heterocycles. The van der Waals surface area contributed by atoms with Crippen LogP contribution in [0.2, 0.25) is 0 Å². The Morgan fingerprint density at radius 3 is 2.71 bits per heavy atom. The summed E-state index contributed by atoms with van der Waals surface area (Å²) < 4.78 is 2.05. The van der Waals surface area contributed by atoms with E-state index in [9.17, 15) is 0 Å². The Labute approximate surface area is 101 Å². The van der Waals surface area contributed by atoms with Crippen molar-refractivity contribution in [1.82, 2.24) is 19.7 Å². The maximum Gasteiger partial charge on any atom is 0.0922 e. The summed E-state index contributed by atoms with van der Waals surface area (Å²) in [5.74, 6) is 0. The van der Waals surface area contributed by atoms with Crippen LogP contribution < -0.4 is 5.32 Å². The lowest BCUT2D eigenvalue weighted by atomic mass is 10.3. The fourth-order valence-electron chi connectivity index (χ4n) is 1.99. The Hall–Kier alpha value is -1.78. The number of imidazole rings is 1. The first-order chi connectivity index (χ1) is 8.09. The smallest absolute Gasteiger partial charge is 0.0922 e. The third-order valence-electron chi connectivity index (χ3n) is 2.82. The second kappa shape index (κ2) is 4.61. The molecule has 0 unspecified atom stereocenters. The van der Waals surface area contributed by atoms with E-state index in [4.69, 9.17) is 0 Å². The molecule has 0 saturated carbocycles. The van der Waals surface area contributed by atoms with Gasteiger partial charge in [-0.3, -0.25) is 4.68 Å². The molecule has 2 heterocycles. The number of aryl methyl sites for hydroxylation is 1. The van der Waals surface area contributed by atoms with Crippen molar-refractivity contribution >= 4 is 5.69 Å². The van der Waals surface area contributed by atoms with E-state index < -0.39 is 0 Å². The first-order valence-corrected chi connectivity index (χ1v) is 5.86. The molecule has 0 atom stereocenters. The van der Waals surface area contributed by atoms with Crippen LogP contribution in [0.4, 0.5) is 5.69 Å². The van der Waals surface area contributed by atoms with Gasteiger partial charge in [-0.05, 0) is 27.7 Å². The fraction of sp³-hybridized carbons (Fsp3) is 0.500. The second-order valence-electron chi connectivity index (χ2n) is 4.51. The lowest BCUT2D eigenvalue weighted by molar-refractivity contribution is 0.516. The number of H-pyrrole nitrogens is 1. The molecule has 0 bridgehead atoms. The molecule has 0 aromatic carbocycles. The standard InChI is InChI=1S/C12H19N5/c1-8(2)17-10(4)12(9(3)16-17)14-6-11-5-13-7-15-11/h5,7-8,14H,6H2,1-4H3,(H,13,15). The fourth-order valence-corrected chi connectivity index (χ4v) is 1.99. The molecule has 0 spiro atoms. The third-order valence-corrected chi connectivity index (χ3v) is 2.82. The van der Waals surface area contributed by atoms with Gasteiger partial charge in [-0.1, -0.05) is 0 Å². The van der Waals surface area contributed by atoms with Gasteiger partial charge in [0.1, 0.15) is 0 Å². The van der Waals surface area contributed by atoms with Crippen LogP contribution >= 0.6 is 0 Å². The molecule has 17 heavy (non-hydrogen) atoms. The van der Waals surface area contributed by atoms with Crippen LogP contribution in [0, 0.1) is 13.8 Å². The van der Waals surface area contributed by atoms with E-state index in [0.29, 0.717) is 6.04 Å².